The van der Waals surface area contributed by atoms with E-state index in [2.05, 4.69) is 17.4 Å². The average Bonchev–Trinajstić information content (AvgIpc) is 2.38. The van der Waals surface area contributed by atoms with Gasteiger partial charge < -0.3 is 15.2 Å². The third-order valence-corrected chi connectivity index (χ3v) is 3.84. The summed E-state index contributed by atoms with van der Waals surface area (Å²) in [5, 5.41) is 13.8. The van der Waals surface area contributed by atoms with Gasteiger partial charge in [-0.15, -0.1) is 12.4 Å². The monoisotopic (exact) mass is 285 g/mol. The molecule has 0 aromatic heterocycles. The van der Waals surface area contributed by atoms with E-state index < -0.39 is 5.60 Å². The molecule has 2 N–H and O–H groups in total. The van der Waals surface area contributed by atoms with Crippen LogP contribution in [0.2, 0.25) is 0 Å². The Hall–Kier alpha value is -0.770. The van der Waals surface area contributed by atoms with Gasteiger partial charge in [-0.3, -0.25) is 0 Å². The molecule has 1 saturated heterocycles. The standard InChI is InChI=1S/C15H23NO2.ClH/c1-15(2,17)13-5-4-10-16-14(13)11-6-8-12(18-3)9-7-11;/h6-9,13-14,16-17H,4-5,10H2,1-3H3;1H. The molecule has 2 rings (SSSR count). The normalized spacial score (nSPS) is 23.6. The Morgan fingerprint density at radius 3 is 2.42 bits per heavy atom. The molecule has 1 aliphatic heterocycles. The number of nitrogens with one attached hydrogen (secondary N) is 1. The average molecular weight is 286 g/mol. The Morgan fingerprint density at radius 2 is 1.89 bits per heavy atom. The first kappa shape index (κ1) is 16.3. The molecule has 1 fully saturated rings. The Balaban J connectivity index is 0.00000180. The topological polar surface area (TPSA) is 41.5 Å². The molecule has 0 aliphatic carbocycles. The third-order valence-electron chi connectivity index (χ3n) is 3.84. The SMILES string of the molecule is COc1ccc(C2NCCCC2C(C)(C)O)cc1.Cl. The molecular weight excluding hydrogens is 262 g/mol. The van der Waals surface area contributed by atoms with Gasteiger partial charge in [-0.05, 0) is 50.9 Å². The largest absolute Gasteiger partial charge is 0.497 e. The van der Waals surface area contributed by atoms with Crippen molar-refractivity contribution in [2.45, 2.75) is 38.3 Å². The van der Waals surface area contributed by atoms with E-state index in [0.29, 0.717) is 0 Å². The number of rotatable bonds is 3. The zero-order valence-corrected chi connectivity index (χ0v) is 12.7. The molecule has 0 saturated carbocycles. The first-order chi connectivity index (χ1) is 8.52. The summed E-state index contributed by atoms with van der Waals surface area (Å²) in [6, 6.07) is 8.35. The fourth-order valence-corrected chi connectivity index (χ4v) is 2.81. The first-order valence-electron chi connectivity index (χ1n) is 6.62. The lowest BCUT2D eigenvalue weighted by Gasteiger charge is -2.40. The van der Waals surface area contributed by atoms with Crippen LogP contribution >= 0.6 is 12.4 Å². The van der Waals surface area contributed by atoms with Gasteiger partial charge in [0.2, 0.25) is 0 Å². The number of piperidine rings is 1. The highest BCUT2D eigenvalue weighted by Crippen LogP contribution is 2.37. The lowest BCUT2D eigenvalue weighted by Crippen LogP contribution is -2.44. The molecule has 1 aromatic carbocycles. The van der Waals surface area contributed by atoms with Crippen molar-refractivity contribution in [1.82, 2.24) is 5.32 Å². The van der Waals surface area contributed by atoms with Gasteiger partial charge in [0, 0.05) is 12.0 Å². The predicted molar refractivity (Wildman–Crippen MR) is 80.0 cm³/mol. The minimum absolute atomic E-state index is 0. The van der Waals surface area contributed by atoms with Gasteiger partial charge in [-0.2, -0.15) is 0 Å². The molecule has 0 radical (unpaired) electrons. The minimum atomic E-state index is -0.655. The lowest BCUT2D eigenvalue weighted by atomic mass is 9.76. The number of hydrogen-bond acceptors (Lipinski definition) is 3. The van der Waals surface area contributed by atoms with Gasteiger partial charge in [-0.1, -0.05) is 12.1 Å². The highest BCUT2D eigenvalue weighted by Gasteiger charge is 2.36. The molecule has 2 atom stereocenters. The van der Waals surface area contributed by atoms with Crippen LogP contribution in [-0.2, 0) is 0 Å². The van der Waals surface area contributed by atoms with E-state index in [0.717, 1.165) is 25.1 Å². The number of aliphatic hydroxyl groups is 1. The van der Waals surface area contributed by atoms with Crippen molar-refractivity contribution in [2.24, 2.45) is 5.92 Å². The van der Waals surface area contributed by atoms with Gasteiger partial charge in [0.15, 0.2) is 0 Å². The van der Waals surface area contributed by atoms with Crippen LogP contribution < -0.4 is 10.1 Å². The maximum absolute atomic E-state index is 10.3. The molecule has 0 spiro atoms. The molecule has 1 heterocycles. The summed E-state index contributed by atoms with van der Waals surface area (Å²) >= 11 is 0. The summed E-state index contributed by atoms with van der Waals surface area (Å²) in [7, 11) is 1.67. The second kappa shape index (κ2) is 6.60. The van der Waals surface area contributed by atoms with Crippen molar-refractivity contribution < 1.29 is 9.84 Å². The summed E-state index contributed by atoms with van der Waals surface area (Å²) in [5.41, 5.74) is 0.570. The predicted octanol–water partition coefficient (Wildman–Crippen LogP) is 2.93. The van der Waals surface area contributed by atoms with Crippen LogP contribution in [-0.4, -0.2) is 24.4 Å². The molecule has 0 bridgehead atoms. The minimum Gasteiger partial charge on any atom is -0.497 e. The molecule has 1 aliphatic rings. The maximum atomic E-state index is 10.3. The van der Waals surface area contributed by atoms with E-state index in [1.54, 1.807) is 7.11 Å². The van der Waals surface area contributed by atoms with E-state index in [1.807, 2.05) is 26.0 Å². The molecule has 2 unspecified atom stereocenters. The van der Waals surface area contributed by atoms with Crippen molar-refractivity contribution in [3.05, 3.63) is 29.8 Å². The Bertz CT molecular complexity index is 386. The number of hydrogen-bond donors (Lipinski definition) is 2. The number of halogens is 1. The second-order valence-corrected chi connectivity index (χ2v) is 5.61. The second-order valence-electron chi connectivity index (χ2n) is 5.61. The molecular formula is C15H24ClNO2. The van der Waals surface area contributed by atoms with E-state index in [-0.39, 0.29) is 24.4 Å². The fraction of sp³-hybridized carbons (Fsp3) is 0.600. The van der Waals surface area contributed by atoms with E-state index in [9.17, 15) is 5.11 Å². The smallest absolute Gasteiger partial charge is 0.118 e. The van der Waals surface area contributed by atoms with Gasteiger partial charge >= 0.3 is 0 Å². The van der Waals surface area contributed by atoms with Crippen molar-refractivity contribution in [2.75, 3.05) is 13.7 Å². The Labute approximate surface area is 121 Å². The molecule has 4 heteroatoms. The highest BCUT2D eigenvalue weighted by molar-refractivity contribution is 5.85. The molecule has 19 heavy (non-hydrogen) atoms. The molecule has 0 amide bonds. The van der Waals surface area contributed by atoms with Crippen molar-refractivity contribution in [3.8, 4) is 5.75 Å². The van der Waals surface area contributed by atoms with Crippen molar-refractivity contribution in [1.29, 1.82) is 0 Å². The first-order valence-corrected chi connectivity index (χ1v) is 6.62. The Morgan fingerprint density at radius 1 is 1.26 bits per heavy atom. The fourth-order valence-electron chi connectivity index (χ4n) is 2.81. The van der Waals surface area contributed by atoms with E-state index in [1.165, 1.54) is 5.56 Å². The molecule has 3 nitrogen and oxygen atoms in total. The van der Waals surface area contributed by atoms with Crippen LogP contribution in [0.1, 0.15) is 38.3 Å². The zero-order chi connectivity index (χ0) is 13.2. The van der Waals surface area contributed by atoms with Gasteiger partial charge in [-0.25, -0.2) is 0 Å². The summed E-state index contributed by atoms with van der Waals surface area (Å²) in [6.45, 7) is 4.83. The highest BCUT2D eigenvalue weighted by atomic mass is 35.5. The summed E-state index contributed by atoms with van der Waals surface area (Å²) < 4.78 is 5.18. The van der Waals surface area contributed by atoms with Gasteiger partial charge in [0.1, 0.15) is 5.75 Å². The summed E-state index contributed by atoms with van der Waals surface area (Å²) in [6.07, 6.45) is 2.19. The number of methoxy groups -OCH3 is 1. The number of ether oxygens (including phenoxy) is 1. The van der Waals surface area contributed by atoms with Gasteiger partial charge in [0.05, 0.1) is 12.7 Å². The molecule has 1 aromatic rings. The quantitative estimate of drug-likeness (QED) is 0.897. The lowest BCUT2D eigenvalue weighted by molar-refractivity contribution is -0.0139. The van der Waals surface area contributed by atoms with Crippen LogP contribution in [0.4, 0.5) is 0 Å². The maximum Gasteiger partial charge on any atom is 0.118 e. The van der Waals surface area contributed by atoms with Crippen LogP contribution in [0, 0.1) is 5.92 Å². The van der Waals surface area contributed by atoms with Crippen molar-refractivity contribution in [3.63, 3.8) is 0 Å². The zero-order valence-electron chi connectivity index (χ0n) is 11.8. The molecule has 108 valence electrons. The number of benzene rings is 1. The van der Waals surface area contributed by atoms with Crippen LogP contribution in [0.3, 0.4) is 0 Å². The van der Waals surface area contributed by atoms with E-state index in [4.69, 9.17) is 4.74 Å². The summed E-state index contributed by atoms with van der Waals surface area (Å²) in [5.74, 6) is 1.12. The van der Waals surface area contributed by atoms with E-state index >= 15 is 0 Å². The Kier molecular flexibility index (Phi) is 5.65. The van der Waals surface area contributed by atoms with Crippen LogP contribution in [0.5, 0.6) is 5.75 Å². The van der Waals surface area contributed by atoms with Crippen LogP contribution in [0.25, 0.3) is 0 Å². The van der Waals surface area contributed by atoms with Gasteiger partial charge in [0.25, 0.3) is 0 Å². The third kappa shape index (κ3) is 3.85. The van der Waals surface area contributed by atoms with Crippen LogP contribution in [0.15, 0.2) is 24.3 Å². The van der Waals surface area contributed by atoms with Crippen molar-refractivity contribution >= 4 is 12.4 Å². The summed E-state index contributed by atoms with van der Waals surface area (Å²) in [4.78, 5) is 0.